The van der Waals surface area contributed by atoms with Gasteiger partial charge in [0.1, 0.15) is 0 Å². The van der Waals surface area contributed by atoms with Gasteiger partial charge in [0.2, 0.25) is 5.91 Å². The van der Waals surface area contributed by atoms with Gasteiger partial charge in [0.15, 0.2) is 0 Å². The third-order valence-electron chi connectivity index (χ3n) is 3.80. The van der Waals surface area contributed by atoms with E-state index < -0.39 is 14.4 Å². The summed E-state index contributed by atoms with van der Waals surface area (Å²) < 4.78 is 19.8. The van der Waals surface area contributed by atoms with Crippen LogP contribution < -0.4 is 11.1 Å². The molecule has 0 saturated heterocycles. The van der Waals surface area contributed by atoms with Crippen molar-refractivity contribution in [3.63, 3.8) is 0 Å². The van der Waals surface area contributed by atoms with E-state index in [2.05, 4.69) is 5.32 Å². The molecule has 152 valence electrons. The Kier molecular flexibility index (Phi) is 12.4. The first-order valence-corrected chi connectivity index (χ1v) is 9.94. The molecule has 0 spiro atoms. The van der Waals surface area contributed by atoms with Gasteiger partial charge in [-0.05, 0) is 32.3 Å². The molecule has 1 aliphatic rings. The van der Waals surface area contributed by atoms with E-state index in [0.29, 0.717) is 18.6 Å². The van der Waals surface area contributed by atoms with Crippen molar-refractivity contribution in [1.29, 1.82) is 0 Å². The second-order valence-electron chi connectivity index (χ2n) is 5.83. The standard InChI is InChI=1S/C16H28N2O4.H3O3P/c1-5-12(6-2)22-14-9-11(16(20)21-7-3)8-13(17)15(14)18-10(4)19;1-4(2)3/h9,12-15H,5-8,17H2,1-4H3,(H,18,19);4H,(H2,1,2,3)/t13-,14+,15+;/m0./s1. The SMILES string of the molecule is CCOC(=O)C1=C[C@@H](OC(CC)CC)[C@H](NC(C)=O)[C@@H](N)C1.O=[PH](O)O. The fourth-order valence-electron chi connectivity index (χ4n) is 2.62. The van der Waals surface area contributed by atoms with Crippen LogP contribution >= 0.6 is 8.25 Å². The molecule has 10 heteroatoms. The summed E-state index contributed by atoms with van der Waals surface area (Å²) in [4.78, 5) is 37.7. The molecule has 0 saturated carbocycles. The second kappa shape index (κ2) is 13.0. The lowest BCUT2D eigenvalue weighted by Gasteiger charge is -2.36. The Hall–Kier alpha value is -1.25. The van der Waals surface area contributed by atoms with E-state index in [4.69, 9.17) is 29.6 Å². The average molecular weight is 394 g/mol. The van der Waals surface area contributed by atoms with Gasteiger partial charge in [-0.3, -0.25) is 9.36 Å². The minimum Gasteiger partial charge on any atom is -0.463 e. The Bertz CT molecular complexity index is 505. The molecule has 0 heterocycles. The maximum Gasteiger partial charge on any atom is 0.333 e. The minimum atomic E-state index is -3.13. The van der Waals surface area contributed by atoms with Crippen LogP contribution in [0.4, 0.5) is 0 Å². The maximum absolute atomic E-state index is 12.0. The van der Waals surface area contributed by atoms with Crippen LogP contribution in [0.5, 0.6) is 0 Å². The van der Waals surface area contributed by atoms with Crippen LogP contribution in [0.1, 0.15) is 47.0 Å². The number of ether oxygens (including phenoxy) is 2. The molecule has 0 bridgehead atoms. The highest BCUT2D eigenvalue weighted by Gasteiger charge is 2.35. The van der Waals surface area contributed by atoms with E-state index >= 15 is 0 Å². The number of esters is 1. The largest absolute Gasteiger partial charge is 0.463 e. The van der Waals surface area contributed by atoms with Crippen molar-refractivity contribution in [2.75, 3.05) is 6.61 Å². The van der Waals surface area contributed by atoms with Gasteiger partial charge in [-0.2, -0.15) is 0 Å². The van der Waals surface area contributed by atoms with Crippen LogP contribution in [0.25, 0.3) is 0 Å². The third kappa shape index (κ3) is 9.45. The molecular formula is C16H31N2O7P. The van der Waals surface area contributed by atoms with Crippen LogP contribution in [-0.2, 0) is 23.6 Å². The average Bonchev–Trinajstić information content (AvgIpc) is 2.54. The van der Waals surface area contributed by atoms with E-state index in [0.717, 1.165) is 12.8 Å². The molecule has 0 aliphatic heterocycles. The van der Waals surface area contributed by atoms with E-state index in [9.17, 15) is 9.59 Å². The number of hydrogen-bond acceptors (Lipinski definition) is 6. The van der Waals surface area contributed by atoms with E-state index in [-0.39, 0.29) is 30.1 Å². The minimum absolute atomic E-state index is 0.0613. The highest BCUT2D eigenvalue weighted by Crippen LogP contribution is 2.24. The monoisotopic (exact) mass is 394 g/mol. The summed E-state index contributed by atoms with van der Waals surface area (Å²) in [5.74, 6) is -0.524. The molecule has 0 radical (unpaired) electrons. The first kappa shape index (κ1) is 24.8. The van der Waals surface area contributed by atoms with Crippen molar-refractivity contribution in [1.82, 2.24) is 5.32 Å². The fraction of sp³-hybridized carbons (Fsp3) is 0.750. The Morgan fingerprint density at radius 1 is 1.35 bits per heavy atom. The normalized spacial score (nSPS) is 22.3. The van der Waals surface area contributed by atoms with Crippen LogP contribution in [0.3, 0.4) is 0 Å². The number of amides is 1. The van der Waals surface area contributed by atoms with Crippen LogP contribution in [0.15, 0.2) is 11.6 Å². The molecule has 0 aromatic heterocycles. The molecule has 26 heavy (non-hydrogen) atoms. The Labute approximate surface area is 154 Å². The molecule has 9 nitrogen and oxygen atoms in total. The zero-order chi connectivity index (χ0) is 20.3. The van der Waals surface area contributed by atoms with Gasteiger partial charge in [-0.25, -0.2) is 4.79 Å². The van der Waals surface area contributed by atoms with Gasteiger partial charge in [-0.15, -0.1) is 0 Å². The summed E-state index contributed by atoms with van der Waals surface area (Å²) in [6.45, 7) is 7.62. The summed E-state index contributed by atoms with van der Waals surface area (Å²) in [5.41, 5.74) is 6.68. The van der Waals surface area contributed by atoms with Crippen molar-refractivity contribution in [3.05, 3.63) is 11.6 Å². The highest BCUT2D eigenvalue weighted by molar-refractivity contribution is 7.30. The van der Waals surface area contributed by atoms with E-state index in [1.54, 1.807) is 13.0 Å². The first-order chi connectivity index (χ1) is 12.2. The van der Waals surface area contributed by atoms with Crippen LogP contribution in [0.2, 0.25) is 0 Å². The highest BCUT2D eigenvalue weighted by atomic mass is 31.1. The number of carbonyl (C=O) groups is 2. The molecule has 1 aliphatic carbocycles. The van der Waals surface area contributed by atoms with Crippen LogP contribution in [-0.4, -0.2) is 52.6 Å². The first-order valence-electron chi connectivity index (χ1n) is 8.63. The Morgan fingerprint density at radius 3 is 2.31 bits per heavy atom. The Balaban J connectivity index is 0.00000141. The van der Waals surface area contributed by atoms with Crippen molar-refractivity contribution in [2.45, 2.75) is 71.2 Å². The van der Waals surface area contributed by atoms with Gasteiger partial charge in [0, 0.05) is 18.5 Å². The van der Waals surface area contributed by atoms with Gasteiger partial charge < -0.3 is 30.3 Å². The lowest BCUT2D eigenvalue weighted by molar-refractivity contribution is -0.139. The summed E-state index contributed by atoms with van der Waals surface area (Å²) in [6.07, 6.45) is 3.48. The van der Waals surface area contributed by atoms with Crippen molar-refractivity contribution in [2.24, 2.45) is 5.73 Å². The lowest BCUT2D eigenvalue weighted by Crippen LogP contribution is -2.57. The van der Waals surface area contributed by atoms with E-state index in [1.165, 1.54) is 6.92 Å². The van der Waals surface area contributed by atoms with Gasteiger partial charge >= 0.3 is 14.2 Å². The van der Waals surface area contributed by atoms with Crippen LogP contribution in [0, 0.1) is 0 Å². The van der Waals surface area contributed by atoms with Gasteiger partial charge in [0.05, 0.1) is 24.9 Å². The molecule has 0 aromatic rings. The summed E-state index contributed by atoms with van der Waals surface area (Å²) in [6, 6.07) is -0.719. The molecule has 5 N–H and O–H groups in total. The van der Waals surface area contributed by atoms with E-state index in [1.807, 2.05) is 13.8 Å². The molecule has 0 aromatic carbocycles. The fourth-order valence-corrected chi connectivity index (χ4v) is 2.62. The molecule has 3 atom stereocenters. The predicted octanol–water partition coefficient (Wildman–Crippen LogP) is 0.646. The Morgan fingerprint density at radius 2 is 1.88 bits per heavy atom. The topological polar surface area (TPSA) is 148 Å². The molecular weight excluding hydrogens is 363 g/mol. The summed E-state index contributed by atoms with van der Waals surface area (Å²) in [7, 11) is -3.13. The number of nitrogens with one attached hydrogen (secondary N) is 1. The van der Waals surface area contributed by atoms with Crippen molar-refractivity contribution in [3.8, 4) is 0 Å². The summed E-state index contributed by atoms with van der Waals surface area (Å²) >= 11 is 0. The van der Waals surface area contributed by atoms with Crippen molar-refractivity contribution >= 4 is 20.1 Å². The maximum atomic E-state index is 12.0. The number of nitrogens with two attached hydrogens (primary N) is 1. The molecule has 0 unspecified atom stereocenters. The lowest BCUT2D eigenvalue weighted by atomic mass is 9.88. The predicted molar refractivity (Wildman–Crippen MR) is 97.6 cm³/mol. The molecule has 0 fully saturated rings. The number of hydrogen-bond donors (Lipinski definition) is 4. The summed E-state index contributed by atoms with van der Waals surface area (Å²) in [5, 5.41) is 2.84. The number of carbonyl (C=O) groups excluding carboxylic acids is 2. The van der Waals surface area contributed by atoms with Gasteiger partial charge in [-0.1, -0.05) is 13.8 Å². The zero-order valence-electron chi connectivity index (χ0n) is 15.7. The third-order valence-corrected chi connectivity index (χ3v) is 3.80. The van der Waals surface area contributed by atoms with Crippen molar-refractivity contribution < 1.29 is 33.4 Å². The smallest absolute Gasteiger partial charge is 0.333 e. The second-order valence-corrected chi connectivity index (χ2v) is 6.39. The quantitative estimate of drug-likeness (QED) is 0.363. The molecule has 1 rings (SSSR count). The number of rotatable bonds is 7. The zero-order valence-corrected chi connectivity index (χ0v) is 16.7. The van der Waals surface area contributed by atoms with Gasteiger partial charge in [0.25, 0.3) is 0 Å². The molecule has 1 amide bonds.